The van der Waals surface area contributed by atoms with Crippen LogP contribution in [0.5, 0.6) is 11.5 Å². The predicted molar refractivity (Wildman–Crippen MR) is 178 cm³/mol. The van der Waals surface area contributed by atoms with E-state index in [0.29, 0.717) is 45.2 Å². The minimum absolute atomic E-state index is 0.00641. The lowest BCUT2D eigenvalue weighted by molar-refractivity contribution is -0.162. The van der Waals surface area contributed by atoms with Crippen molar-refractivity contribution in [3.8, 4) is 11.5 Å². The lowest BCUT2D eigenvalue weighted by Crippen LogP contribution is -2.56. The highest BCUT2D eigenvalue weighted by molar-refractivity contribution is 5.87. The number of phenols is 1. The minimum atomic E-state index is -0.270. The van der Waals surface area contributed by atoms with E-state index in [9.17, 15) is 9.90 Å². The lowest BCUT2D eigenvalue weighted by Gasteiger charge is -2.62. The highest BCUT2D eigenvalue weighted by Crippen LogP contribution is 2.88. The van der Waals surface area contributed by atoms with E-state index in [-0.39, 0.29) is 17.8 Å². The van der Waals surface area contributed by atoms with Gasteiger partial charge in [-0.25, -0.2) is 4.79 Å². The first-order valence-electron chi connectivity index (χ1n) is 17.8. The summed E-state index contributed by atoms with van der Waals surface area (Å²) < 4.78 is 11.3. The van der Waals surface area contributed by atoms with Crippen LogP contribution < -0.4 is 4.74 Å². The molecule has 0 bridgehead atoms. The van der Waals surface area contributed by atoms with Crippen LogP contribution in [0.2, 0.25) is 0 Å². The van der Waals surface area contributed by atoms with Crippen molar-refractivity contribution >= 4 is 12.0 Å². The number of fused-ring (bicyclic) bond motifs is 2. The quantitative estimate of drug-likeness (QED) is 0.174. The lowest BCUT2D eigenvalue weighted by atomic mass is 9.43. The number of carbonyl (C=O) groups excluding carboxylic acids is 1. The fourth-order valence-electron chi connectivity index (χ4n) is 12.2. The maximum atomic E-state index is 12.9. The molecule has 5 fully saturated rings. The average molecular weight is 603 g/mol. The van der Waals surface area contributed by atoms with Gasteiger partial charge in [-0.3, -0.25) is 0 Å². The highest BCUT2D eigenvalue weighted by Gasteiger charge is 2.81. The third-order valence-electron chi connectivity index (χ3n) is 15.0. The number of aromatic hydroxyl groups is 1. The van der Waals surface area contributed by atoms with Gasteiger partial charge in [0.2, 0.25) is 0 Å². The number of allylic oxidation sites excluding steroid dienone is 1. The van der Waals surface area contributed by atoms with E-state index in [1.165, 1.54) is 83.0 Å². The molecule has 0 unspecified atom stereocenters. The maximum Gasteiger partial charge on any atom is 0.331 e. The van der Waals surface area contributed by atoms with E-state index in [2.05, 4.69) is 48.1 Å². The second-order valence-electron chi connectivity index (χ2n) is 16.7. The summed E-state index contributed by atoms with van der Waals surface area (Å²) in [6.45, 7) is 19.3. The molecule has 5 aliphatic rings. The molecule has 5 aliphatic carbocycles. The Labute approximate surface area is 267 Å². The summed E-state index contributed by atoms with van der Waals surface area (Å²) in [7, 11) is 1.52. The van der Waals surface area contributed by atoms with Crippen molar-refractivity contribution in [1.82, 2.24) is 0 Å². The molecule has 0 aliphatic heterocycles. The Bertz CT molecular complexity index is 1310. The molecule has 4 heteroatoms. The molecule has 1 aromatic rings. The molecule has 6 rings (SSSR count). The predicted octanol–water partition coefficient (Wildman–Crippen LogP) is 10.0. The monoisotopic (exact) mass is 602 g/mol. The van der Waals surface area contributed by atoms with E-state index in [0.717, 1.165) is 29.7 Å². The van der Waals surface area contributed by atoms with E-state index in [4.69, 9.17) is 9.47 Å². The van der Waals surface area contributed by atoms with E-state index in [1.54, 1.807) is 24.3 Å². The average Bonchev–Trinajstić information content (AvgIpc) is 3.58. The van der Waals surface area contributed by atoms with Crippen LogP contribution in [0.1, 0.15) is 118 Å². The maximum absolute atomic E-state index is 12.9. The van der Waals surface area contributed by atoms with Gasteiger partial charge in [-0.2, -0.15) is 0 Å². The van der Waals surface area contributed by atoms with Crippen molar-refractivity contribution in [2.75, 3.05) is 7.11 Å². The number of carbonyl (C=O) groups is 1. The molecule has 2 spiro atoms. The zero-order valence-electron chi connectivity index (χ0n) is 28.6. The van der Waals surface area contributed by atoms with Crippen LogP contribution in [-0.2, 0) is 9.53 Å². The van der Waals surface area contributed by atoms with Crippen LogP contribution in [0.4, 0.5) is 0 Å². The van der Waals surface area contributed by atoms with Crippen molar-refractivity contribution in [2.24, 2.45) is 57.2 Å². The fraction of sp³-hybridized carbons (Fsp3) is 0.725. The number of hydrogen-bond donors (Lipinski definition) is 1. The van der Waals surface area contributed by atoms with Crippen molar-refractivity contribution < 1.29 is 19.4 Å². The molecule has 0 radical (unpaired) electrons. The van der Waals surface area contributed by atoms with Gasteiger partial charge in [-0.1, -0.05) is 59.8 Å². The highest BCUT2D eigenvalue weighted by atomic mass is 16.5. The zero-order valence-corrected chi connectivity index (χ0v) is 28.6. The van der Waals surface area contributed by atoms with Gasteiger partial charge in [-0.05, 0) is 152 Å². The Morgan fingerprint density at radius 2 is 1.82 bits per heavy atom. The third-order valence-corrected chi connectivity index (χ3v) is 15.0. The summed E-state index contributed by atoms with van der Waals surface area (Å²) in [6.07, 6.45) is 17.7. The molecule has 242 valence electrons. The van der Waals surface area contributed by atoms with Gasteiger partial charge in [0.25, 0.3) is 0 Å². The van der Waals surface area contributed by atoms with E-state index in [1.807, 2.05) is 0 Å². The standard InChI is InChI=1S/C40H58O4/c1-25(2)26(3)9-10-27(4)30-17-19-38(7)35-15-13-31-28(5)33(18-20-39(31)24-40(35,39)22-21-37(30,38)6)44-36(42)16-12-29-11-14-32(41)34(23-29)43-8/h11-12,14,16,23,25,27-28,30-31,33,35,41H,3,9-10,13,15,17-22,24H2,1-2,4-8H3/t27-,28+,30-,31+,33+,35+,37-,38+,39-,40+/m1/s1. The summed E-state index contributed by atoms with van der Waals surface area (Å²) in [5.41, 5.74) is 4.11. The number of esters is 1. The Hall–Kier alpha value is -2.23. The molecular weight excluding hydrogens is 544 g/mol. The molecule has 10 atom stereocenters. The van der Waals surface area contributed by atoms with Crippen molar-refractivity contribution in [1.29, 1.82) is 0 Å². The van der Waals surface area contributed by atoms with Crippen LogP contribution in [0.3, 0.4) is 0 Å². The van der Waals surface area contributed by atoms with Crippen LogP contribution in [-0.4, -0.2) is 24.3 Å². The first kappa shape index (κ1) is 31.7. The molecule has 0 saturated heterocycles. The summed E-state index contributed by atoms with van der Waals surface area (Å²) in [5, 5.41) is 9.86. The van der Waals surface area contributed by atoms with Crippen LogP contribution in [0, 0.1) is 57.2 Å². The molecule has 4 nitrogen and oxygen atoms in total. The van der Waals surface area contributed by atoms with Gasteiger partial charge in [0.05, 0.1) is 7.11 Å². The number of phenolic OH excluding ortho intramolecular Hbond substituents is 1. The summed E-state index contributed by atoms with van der Waals surface area (Å²) >= 11 is 0. The van der Waals surface area contributed by atoms with Gasteiger partial charge < -0.3 is 14.6 Å². The molecule has 44 heavy (non-hydrogen) atoms. The Morgan fingerprint density at radius 3 is 2.55 bits per heavy atom. The molecule has 0 aromatic heterocycles. The number of methoxy groups -OCH3 is 1. The Balaban J connectivity index is 1.12. The van der Waals surface area contributed by atoms with E-state index < -0.39 is 0 Å². The van der Waals surface area contributed by atoms with Gasteiger partial charge in [0.1, 0.15) is 6.10 Å². The largest absolute Gasteiger partial charge is 0.504 e. The Morgan fingerprint density at radius 1 is 1.05 bits per heavy atom. The first-order chi connectivity index (χ1) is 20.8. The van der Waals surface area contributed by atoms with Crippen molar-refractivity contribution in [2.45, 2.75) is 118 Å². The molecule has 0 heterocycles. The van der Waals surface area contributed by atoms with Crippen LogP contribution >= 0.6 is 0 Å². The SMILES string of the molecule is C=C(CC[C@@H](C)[C@H]1CC[C@@]2(C)[C@@H]3CC[C@H]4[C@H](C)[C@@H](OC(=O)C=Cc5ccc(O)c(OC)c5)CC[C@@]45C[C@@]35CC[C@]12C)C(C)C. The van der Waals surface area contributed by atoms with Gasteiger partial charge in [0, 0.05) is 6.08 Å². The Kier molecular flexibility index (Phi) is 8.10. The molecule has 1 aromatic carbocycles. The smallest absolute Gasteiger partial charge is 0.331 e. The molecule has 0 amide bonds. The molecule has 5 saturated carbocycles. The second-order valence-corrected chi connectivity index (χ2v) is 16.7. The van der Waals surface area contributed by atoms with Crippen molar-refractivity contribution in [3.05, 3.63) is 42.0 Å². The zero-order chi connectivity index (χ0) is 31.7. The van der Waals surface area contributed by atoms with E-state index >= 15 is 0 Å². The number of rotatable bonds is 9. The first-order valence-corrected chi connectivity index (χ1v) is 17.8. The number of benzene rings is 1. The van der Waals surface area contributed by atoms with Gasteiger partial charge in [-0.15, -0.1) is 0 Å². The van der Waals surface area contributed by atoms with Crippen LogP contribution in [0.15, 0.2) is 36.4 Å². The normalized spacial score (nSPS) is 41.3. The van der Waals surface area contributed by atoms with Crippen molar-refractivity contribution in [3.63, 3.8) is 0 Å². The fourth-order valence-corrected chi connectivity index (χ4v) is 12.2. The molecular formula is C40H58O4. The van der Waals surface area contributed by atoms with Gasteiger partial charge in [0.15, 0.2) is 11.5 Å². The van der Waals surface area contributed by atoms with Crippen LogP contribution in [0.25, 0.3) is 6.08 Å². The number of hydrogen-bond acceptors (Lipinski definition) is 4. The summed E-state index contributed by atoms with van der Waals surface area (Å²) in [4.78, 5) is 12.9. The summed E-state index contributed by atoms with van der Waals surface area (Å²) in [5.74, 6) is 4.34. The second kappa shape index (κ2) is 11.2. The number of ether oxygens (including phenoxy) is 2. The third kappa shape index (κ3) is 4.70. The summed E-state index contributed by atoms with van der Waals surface area (Å²) in [6, 6.07) is 5.08. The topological polar surface area (TPSA) is 55.8 Å². The molecule has 1 N–H and O–H groups in total. The minimum Gasteiger partial charge on any atom is -0.504 e. The van der Waals surface area contributed by atoms with Gasteiger partial charge >= 0.3 is 5.97 Å².